The molecule has 1 aliphatic heterocycles. The zero-order valence-corrected chi connectivity index (χ0v) is 16.5. The van der Waals surface area contributed by atoms with Gasteiger partial charge in [0, 0.05) is 0 Å². The van der Waals surface area contributed by atoms with Gasteiger partial charge in [0.05, 0.1) is 0 Å². The minimum absolute atomic E-state index is 0.538. The summed E-state index contributed by atoms with van der Waals surface area (Å²) in [5, 5.41) is 7.62. The molecular weight excluding hydrogens is 445 g/mol. The monoisotopic (exact) mass is 466 g/mol. The van der Waals surface area contributed by atoms with Crippen molar-refractivity contribution in [1.82, 2.24) is 0 Å². The van der Waals surface area contributed by atoms with Crippen LogP contribution in [0, 0.1) is 0 Å². The first-order valence-electron chi connectivity index (χ1n) is 6.97. The first kappa shape index (κ1) is 15.0. The fourth-order valence-corrected chi connectivity index (χ4v) is 11.5. The van der Waals surface area contributed by atoms with Crippen molar-refractivity contribution in [3.05, 3.63) is 36.4 Å². The van der Waals surface area contributed by atoms with Gasteiger partial charge in [-0.1, -0.05) is 0 Å². The Morgan fingerprint density at radius 1 is 0.950 bits per heavy atom. The van der Waals surface area contributed by atoms with E-state index in [9.17, 15) is 3.83 Å². The Hall–Kier alpha value is 0.0584. The van der Waals surface area contributed by atoms with Gasteiger partial charge in [-0.3, -0.25) is 0 Å². The van der Waals surface area contributed by atoms with E-state index in [2.05, 4.69) is 36.4 Å². The Balaban J connectivity index is 2.09. The molecule has 4 heteroatoms. The van der Waals surface area contributed by atoms with Crippen LogP contribution >= 0.6 is 0 Å². The molecule has 0 radical (unpaired) electrons. The van der Waals surface area contributed by atoms with E-state index in [0.717, 1.165) is 26.7 Å². The van der Waals surface area contributed by atoms with Crippen molar-refractivity contribution >= 4 is 63.4 Å². The molecule has 1 unspecified atom stereocenters. The van der Waals surface area contributed by atoms with Gasteiger partial charge in [0.15, 0.2) is 0 Å². The summed E-state index contributed by atoms with van der Waals surface area (Å²) >= 11 is -0.532. The average Bonchev–Trinajstić information content (AvgIpc) is 2.48. The third-order valence-corrected chi connectivity index (χ3v) is 11.3. The first-order valence-corrected chi connectivity index (χ1v) is 14.2. The van der Waals surface area contributed by atoms with E-state index in [0.29, 0.717) is 15.0 Å². The van der Waals surface area contributed by atoms with E-state index >= 15 is 0 Å². The summed E-state index contributed by atoms with van der Waals surface area (Å²) in [5.74, 6) is 0. The summed E-state index contributed by atoms with van der Waals surface area (Å²) < 4.78 is 15.4. The molecule has 1 nitrogen and oxygen atoms in total. The molecule has 0 aliphatic carbocycles. The van der Waals surface area contributed by atoms with Crippen molar-refractivity contribution in [2.24, 2.45) is 0 Å². The van der Waals surface area contributed by atoms with Gasteiger partial charge >= 0.3 is 138 Å². The molecule has 0 amide bonds. The zero-order valence-electron chi connectivity index (χ0n) is 11.3. The molecule has 20 heavy (non-hydrogen) atoms. The molecule has 3 rings (SSSR count). The van der Waals surface area contributed by atoms with Crippen LogP contribution in [-0.2, 0) is 3.83 Å². The Morgan fingerprint density at radius 3 is 2.65 bits per heavy atom. The summed E-state index contributed by atoms with van der Waals surface area (Å²) in [6, 6.07) is 13.0. The fraction of sp³-hybridized carbons (Fsp3) is 0.375. The van der Waals surface area contributed by atoms with Crippen LogP contribution < -0.4 is 8.92 Å². The van der Waals surface area contributed by atoms with Gasteiger partial charge in [-0.05, 0) is 0 Å². The van der Waals surface area contributed by atoms with Crippen LogP contribution in [0.1, 0.15) is 12.8 Å². The molecule has 1 aliphatic rings. The molecule has 106 valence electrons. The summed E-state index contributed by atoms with van der Waals surface area (Å²) in [6.07, 6.45) is 2.55. The van der Waals surface area contributed by atoms with E-state index in [4.69, 9.17) is 0 Å². The number of rotatable bonds is 0. The van der Waals surface area contributed by atoms with Gasteiger partial charge in [-0.15, -0.1) is 0 Å². The third kappa shape index (κ3) is 3.44. The Kier molecular flexibility index (Phi) is 5.51. The van der Waals surface area contributed by atoms with Gasteiger partial charge < -0.3 is 0 Å². The van der Waals surface area contributed by atoms with Crippen LogP contribution in [0.25, 0.3) is 10.8 Å². The Morgan fingerprint density at radius 2 is 1.75 bits per heavy atom. The van der Waals surface area contributed by atoms with E-state index in [1.807, 2.05) is 0 Å². The van der Waals surface area contributed by atoms with Crippen molar-refractivity contribution in [2.75, 3.05) is 0 Å². The Labute approximate surface area is 137 Å². The van der Waals surface area contributed by atoms with Gasteiger partial charge in [0.2, 0.25) is 0 Å². The molecule has 0 fully saturated rings. The van der Waals surface area contributed by atoms with Crippen molar-refractivity contribution in [3.8, 4) is 0 Å². The SMILES string of the molecule is O=[Se]1CCC[Se]CCC[Se]c2cccc3cccc1c23. The van der Waals surface area contributed by atoms with Crippen molar-refractivity contribution in [2.45, 2.75) is 34.1 Å². The maximum absolute atomic E-state index is 12.7. The van der Waals surface area contributed by atoms with Crippen molar-refractivity contribution in [3.63, 3.8) is 0 Å². The molecule has 1 heterocycles. The van der Waals surface area contributed by atoms with Gasteiger partial charge in [-0.25, -0.2) is 0 Å². The van der Waals surface area contributed by atoms with E-state index in [-0.39, 0.29) is 0 Å². The second kappa shape index (κ2) is 7.36. The van der Waals surface area contributed by atoms with Crippen LogP contribution in [0.2, 0.25) is 21.3 Å². The van der Waals surface area contributed by atoms with E-state index < -0.39 is 13.8 Å². The van der Waals surface area contributed by atoms with Crippen molar-refractivity contribution in [1.29, 1.82) is 0 Å². The van der Waals surface area contributed by atoms with Crippen LogP contribution in [0.4, 0.5) is 0 Å². The summed E-state index contributed by atoms with van der Waals surface area (Å²) in [5.41, 5.74) is 0. The average molecular weight is 463 g/mol. The van der Waals surface area contributed by atoms with Crippen molar-refractivity contribution < 1.29 is 3.83 Å². The predicted octanol–water partition coefficient (Wildman–Crippen LogP) is 2.55. The molecule has 0 N–H and O–H groups in total. The van der Waals surface area contributed by atoms with E-state index in [1.54, 1.807) is 0 Å². The van der Waals surface area contributed by atoms with E-state index in [1.165, 1.54) is 42.1 Å². The second-order valence-corrected chi connectivity index (χ2v) is 13.0. The molecule has 0 spiro atoms. The normalized spacial score (nSPS) is 21.1. The molecule has 0 aromatic heterocycles. The topological polar surface area (TPSA) is 17.1 Å². The molecule has 0 bridgehead atoms. The molecule has 0 saturated carbocycles. The zero-order chi connectivity index (χ0) is 13.8. The van der Waals surface area contributed by atoms with Crippen LogP contribution in [0.5, 0.6) is 0 Å². The quantitative estimate of drug-likeness (QED) is 0.550. The minimum atomic E-state index is -1.85. The second-order valence-electron chi connectivity index (χ2n) is 4.83. The summed E-state index contributed by atoms with van der Waals surface area (Å²) in [6.45, 7) is 0. The maximum atomic E-state index is 12.7. The molecular formula is C16H18OSe3. The van der Waals surface area contributed by atoms with Crippen LogP contribution in [-0.4, -0.2) is 43.7 Å². The Bertz CT molecular complexity index is 619. The fourth-order valence-electron chi connectivity index (χ4n) is 2.43. The van der Waals surface area contributed by atoms with Gasteiger partial charge in [0.25, 0.3) is 0 Å². The van der Waals surface area contributed by atoms with Gasteiger partial charge in [-0.2, -0.15) is 0 Å². The molecule has 2 aromatic rings. The predicted molar refractivity (Wildman–Crippen MR) is 89.6 cm³/mol. The number of hydrogen-bond acceptors (Lipinski definition) is 1. The summed E-state index contributed by atoms with van der Waals surface area (Å²) in [4.78, 5) is 0. The van der Waals surface area contributed by atoms with Crippen LogP contribution in [0.15, 0.2) is 36.4 Å². The third-order valence-electron chi connectivity index (χ3n) is 3.38. The molecule has 1 atom stereocenters. The molecule has 0 saturated heterocycles. The number of hydrogen-bond donors (Lipinski definition) is 0. The summed E-state index contributed by atoms with van der Waals surface area (Å²) in [7, 11) is 0. The first-order chi connectivity index (χ1) is 9.86. The number of benzene rings is 2. The standard InChI is InChI=1S/C16H18OSe3/c17-20-12-4-10-18-9-3-11-19-14-7-1-5-13-6-2-8-15(20)16(13)14/h1-2,5-8H,3-4,9-12H2. The molecule has 2 aromatic carbocycles. The van der Waals surface area contributed by atoms with Crippen LogP contribution in [0.3, 0.4) is 0 Å². The van der Waals surface area contributed by atoms with Gasteiger partial charge in [0.1, 0.15) is 0 Å².